The molecule has 1 rings (SSSR count). The van der Waals surface area contributed by atoms with Crippen molar-refractivity contribution in [1.29, 1.82) is 0 Å². The van der Waals surface area contributed by atoms with E-state index in [4.69, 9.17) is 4.28 Å². The number of hydroxylamine groups is 1. The Balaban J connectivity index is 1.85. The van der Waals surface area contributed by atoms with Crippen LogP contribution in [0.3, 0.4) is 0 Å². The predicted molar refractivity (Wildman–Crippen MR) is 106 cm³/mol. The van der Waals surface area contributed by atoms with E-state index in [0.29, 0.717) is 13.1 Å². The molecule has 1 saturated heterocycles. The van der Waals surface area contributed by atoms with Gasteiger partial charge >= 0.3 is 11.8 Å². The molecule has 0 radical (unpaired) electrons. The van der Waals surface area contributed by atoms with Gasteiger partial charge in [-0.25, -0.2) is 4.21 Å². The maximum atomic E-state index is 11.5. The van der Waals surface area contributed by atoms with E-state index in [1.54, 1.807) is 0 Å². The molecular weight excluding hydrogens is 368 g/mol. The van der Waals surface area contributed by atoms with Gasteiger partial charge in [-0.1, -0.05) is 38.3 Å². The molecule has 1 aliphatic rings. The number of hydrogen-bond donors (Lipinski definition) is 4. The van der Waals surface area contributed by atoms with Crippen molar-refractivity contribution in [1.82, 2.24) is 20.8 Å². The molecule has 0 spiro atoms. The zero-order valence-electron chi connectivity index (χ0n) is 16.3. The lowest BCUT2D eigenvalue weighted by Crippen LogP contribution is -2.40. The maximum absolute atomic E-state index is 11.5. The molecule has 0 aromatic rings. The molecule has 4 N–H and O–H groups in total. The summed E-state index contributed by atoms with van der Waals surface area (Å²) in [6, 6.07) is 0. The molecule has 2 amide bonds. The third-order valence-corrected chi connectivity index (χ3v) is 4.86. The highest BCUT2D eigenvalue weighted by atomic mass is 32.2. The molecule has 2 atom stereocenters. The lowest BCUT2D eigenvalue weighted by molar-refractivity contribution is -0.139. The quantitative estimate of drug-likeness (QED) is 0.201. The molecule has 8 nitrogen and oxygen atoms in total. The Morgan fingerprint density at radius 1 is 0.963 bits per heavy atom. The summed E-state index contributed by atoms with van der Waals surface area (Å²) in [7, 11) is 0. The van der Waals surface area contributed by atoms with E-state index in [2.05, 4.69) is 33.0 Å². The summed E-state index contributed by atoms with van der Waals surface area (Å²) in [5.41, 5.74) is 2.69. The van der Waals surface area contributed by atoms with Crippen LogP contribution in [-0.2, 0) is 25.1 Å². The maximum Gasteiger partial charge on any atom is 0.309 e. The Labute approximate surface area is 165 Å². The Morgan fingerprint density at radius 3 is 2.19 bits per heavy atom. The van der Waals surface area contributed by atoms with Crippen molar-refractivity contribution in [3.8, 4) is 0 Å². The van der Waals surface area contributed by atoms with Crippen molar-refractivity contribution in [3.63, 3.8) is 0 Å². The van der Waals surface area contributed by atoms with Crippen LogP contribution in [0.4, 0.5) is 0 Å². The van der Waals surface area contributed by atoms with E-state index in [-0.39, 0.29) is 6.17 Å². The fourth-order valence-corrected chi connectivity index (χ4v) is 3.19. The van der Waals surface area contributed by atoms with Gasteiger partial charge in [-0.15, -0.1) is 0 Å². The second-order valence-electron chi connectivity index (χ2n) is 6.58. The van der Waals surface area contributed by atoms with Crippen LogP contribution in [0.5, 0.6) is 0 Å². The molecule has 0 bridgehead atoms. The van der Waals surface area contributed by atoms with E-state index < -0.39 is 23.1 Å². The number of hydrogen-bond acceptors (Lipinski definition) is 5. The summed E-state index contributed by atoms with van der Waals surface area (Å²) < 4.78 is 18.4. The summed E-state index contributed by atoms with van der Waals surface area (Å²) >= 11 is -1.39. The Bertz CT molecular complexity index is 488. The topological polar surface area (TPSA) is 109 Å². The van der Waals surface area contributed by atoms with Gasteiger partial charge in [0.1, 0.15) is 0 Å². The Kier molecular flexibility index (Phi) is 13.8. The van der Waals surface area contributed by atoms with Gasteiger partial charge in [0, 0.05) is 13.1 Å². The van der Waals surface area contributed by atoms with E-state index in [9.17, 15) is 13.8 Å². The van der Waals surface area contributed by atoms with Crippen molar-refractivity contribution >= 4 is 23.1 Å². The van der Waals surface area contributed by atoms with Gasteiger partial charge in [0.15, 0.2) is 0 Å². The zero-order valence-corrected chi connectivity index (χ0v) is 17.1. The number of carbonyl (C=O) groups is 2. The summed E-state index contributed by atoms with van der Waals surface area (Å²) in [5.74, 6) is -1.08. The zero-order chi connectivity index (χ0) is 19.7. The van der Waals surface area contributed by atoms with Gasteiger partial charge < -0.3 is 10.6 Å². The number of amides is 2. The summed E-state index contributed by atoms with van der Waals surface area (Å²) in [6.45, 7) is 3.12. The van der Waals surface area contributed by atoms with Crippen LogP contribution in [0, 0.1) is 0 Å². The van der Waals surface area contributed by atoms with Crippen molar-refractivity contribution in [2.24, 2.45) is 0 Å². The highest BCUT2D eigenvalue weighted by Gasteiger charge is 2.19. The van der Waals surface area contributed by atoms with E-state index >= 15 is 0 Å². The molecule has 156 valence electrons. The first kappa shape index (κ1) is 23.7. The molecule has 0 aromatic heterocycles. The van der Waals surface area contributed by atoms with Crippen LogP contribution in [-0.4, -0.2) is 35.3 Å². The number of unbranched alkanes of at least 4 members (excludes halogenated alkanes) is 6. The lowest BCUT2D eigenvalue weighted by Gasteiger charge is -2.06. The monoisotopic (exact) mass is 402 g/mol. The van der Waals surface area contributed by atoms with Crippen LogP contribution in [0.15, 0.2) is 12.2 Å². The average molecular weight is 403 g/mol. The predicted octanol–water partition coefficient (Wildman–Crippen LogP) is 1.73. The highest BCUT2D eigenvalue weighted by Crippen LogP contribution is 2.08. The fraction of sp³-hybridized carbons (Fsp3) is 0.778. The van der Waals surface area contributed by atoms with Gasteiger partial charge in [-0.2, -0.15) is 14.5 Å². The van der Waals surface area contributed by atoms with Crippen LogP contribution in [0.1, 0.15) is 71.1 Å². The molecule has 27 heavy (non-hydrogen) atoms. The van der Waals surface area contributed by atoms with Gasteiger partial charge in [0.05, 0.1) is 6.17 Å². The van der Waals surface area contributed by atoms with Crippen LogP contribution < -0.4 is 20.8 Å². The minimum Gasteiger partial charge on any atom is -0.348 e. The first-order chi connectivity index (χ1) is 13.1. The van der Waals surface area contributed by atoms with Gasteiger partial charge in [0.2, 0.25) is 0 Å². The molecular formula is C18H34N4O4S. The first-order valence-electron chi connectivity index (χ1n) is 9.95. The number of carbonyl (C=O) groups excluding carboxylic acids is 2. The minimum absolute atomic E-state index is 0.00992. The van der Waals surface area contributed by atoms with Crippen molar-refractivity contribution in [2.75, 3.05) is 13.1 Å². The van der Waals surface area contributed by atoms with Crippen molar-refractivity contribution in [2.45, 2.75) is 77.3 Å². The summed E-state index contributed by atoms with van der Waals surface area (Å²) in [6.07, 6.45) is 14.4. The summed E-state index contributed by atoms with van der Waals surface area (Å²) in [5, 5.41) is 5.25. The number of rotatable bonds is 14. The van der Waals surface area contributed by atoms with Gasteiger partial charge in [-0.05, 0) is 44.9 Å². The van der Waals surface area contributed by atoms with Crippen LogP contribution in [0.25, 0.3) is 0 Å². The smallest absolute Gasteiger partial charge is 0.309 e. The molecule has 1 heterocycles. The van der Waals surface area contributed by atoms with Crippen molar-refractivity contribution in [3.05, 3.63) is 12.2 Å². The molecule has 1 aliphatic heterocycles. The van der Waals surface area contributed by atoms with E-state index in [0.717, 1.165) is 64.2 Å². The van der Waals surface area contributed by atoms with E-state index in [1.807, 2.05) is 6.92 Å². The fourth-order valence-electron chi connectivity index (χ4n) is 2.54. The standard InChI is InChI=1S/C18H34N4O4S/c1-2-3-14-19-17(23)18(24)20-15-12-10-8-6-4-5-7-9-11-13-16-21-26-27(25)22-16/h4,6,16,21-22H,2-3,5,7-15H2,1H3,(H,19,23)(H,20,24)/b6-4+. The first-order valence-corrected chi connectivity index (χ1v) is 11.0. The normalized spacial score (nSPS) is 19.4. The SMILES string of the molecule is CCCCNC(=O)C(=O)NCCCC/C=C/CCCCCC1NOS(=O)N1. The molecule has 1 fully saturated rings. The second kappa shape index (κ2) is 15.7. The molecule has 0 aromatic carbocycles. The minimum atomic E-state index is -1.39. The van der Waals surface area contributed by atoms with Gasteiger partial charge in [0.25, 0.3) is 11.3 Å². The highest BCUT2D eigenvalue weighted by molar-refractivity contribution is 7.78. The largest absolute Gasteiger partial charge is 0.348 e. The third-order valence-electron chi connectivity index (χ3n) is 4.14. The van der Waals surface area contributed by atoms with Crippen LogP contribution >= 0.6 is 0 Å². The second-order valence-corrected chi connectivity index (χ2v) is 7.45. The molecule has 0 aliphatic carbocycles. The molecule has 9 heteroatoms. The van der Waals surface area contributed by atoms with E-state index in [1.165, 1.54) is 0 Å². The third kappa shape index (κ3) is 12.7. The average Bonchev–Trinajstić information content (AvgIpc) is 3.07. The van der Waals surface area contributed by atoms with Crippen molar-refractivity contribution < 1.29 is 18.1 Å². The molecule has 2 unspecified atom stereocenters. The number of allylic oxidation sites excluding steroid dienone is 2. The number of nitrogens with one attached hydrogen (secondary N) is 4. The summed E-state index contributed by atoms with van der Waals surface area (Å²) in [4.78, 5) is 23.0. The lowest BCUT2D eigenvalue weighted by atomic mass is 10.1. The molecule has 0 saturated carbocycles. The van der Waals surface area contributed by atoms with Gasteiger partial charge in [-0.3, -0.25) is 9.59 Å². The Morgan fingerprint density at radius 2 is 1.59 bits per heavy atom. The Hall–Kier alpha value is -1.29. The van der Waals surface area contributed by atoms with Crippen LogP contribution in [0.2, 0.25) is 0 Å².